The summed E-state index contributed by atoms with van der Waals surface area (Å²) in [6.45, 7) is 6.30. The molecule has 0 aliphatic rings. The normalized spacial score (nSPS) is 12.1. The molecular weight excluding hydrogens is 260 g/mol. The predicted octanol–water partition coefficient (Wildman–Crippen LogP) is 2.92. The van der Waals surface area contributed by atoms with Gasteiger partial charge in [-0.15, -0.1) is 0 Å². The zero-order chi connectivity index (χ0) is 15.1. The molecule has 1 heterocycles. The van der Waals surface area contributed by atoms with Gasteiger partial charge >= 0.3 is 0 Å². The molecular formula is C17H26N4. The minimum Gasteiger partial charge on any atom is -0.361 e. The Labute approximate surface area is 127 Å². The van der Waals surface area contributed by atoms with Gasteiger partial charge in [-0.3, -0.25) is 4.99 Å². The van der Waals surface area contributed by atoms with Crippen molar-refractivity contribution in [2.75, 3.05) is 20.1 Å². The van der Waals surface area contributed by atoms with Crippen molar-refractivity contribution in [1.82, 2.24) is 15.6 Å². The predicted molar refractivity (Wildman–Crippen MR) is 90.8 cm³/mol. The number of benzene rings is 1. The maximum absolute atomic E-state index is 4.25. The standard InChI is InChI=1S/C17H26N4/c1-13(2)8-10-19-17(18-3)20-11-9-14-12-21-16-7-5-4-6-15(14)16/h4-7,12-13,21H,8-11H2,1-3H3,(H2,18,19,20). The van der Waals surface area contributed by atoms with Gasteiger partial charge in [-0.05, 0) is 30.4 Å². The quantitative estimate of drug-likeness (QED) is 0.565. The summed E-state index contributed by atoms with van der Waals surface area (Å²) < 4.78 is 0. The number of nitrogens with one attached hydrogen (secondary N) is 3. The lowest BCUT2D eigenvalue weighted by Gasteiger charge is -2.12. The molecule has 0 spiro atoms. The van der Waals surface area contributed by atoms with Gasteiger partial charge < -0.3 is 15.6 Å². The maximum Gasteiger partial charge on any atom is 0.190 e. The summed E-state index contributed by atoms with van der Waals surface area (Å²) in [6.07, 6.45) is 4.24. The number of para-hydroxylation sites is 1. The number of hydrogen-bond acceptors (Lipinski definition) is 1. The van der Waals surface area contributed by atoms with Gasteiger partial charge in [0.15, 0.2) is 5.96 Å². The van der Waals surface area contributed by atoms with Crippen molar-refractivity contribution in [3.8, 4) is 0 Å². The second-order valence-corrected chi connectivity index (χ2v) is 5.72. The smallest absolute Gasteiger partial charge is 0.190 e. The van der Waals surface area contributed by atoms with Crippen LogP contribution in [0.15, 0.2) is 35.5 Å². The number of rotatable bonds is 6. The van der Waals surface area contributed by atoms with Crippen LogP contribution in [0.3, 0.4) is 0 Å². The summed E-state index contributed by atoms with van der Waals surface area (Å²) in [5.74, 6) is 1.59. The molecule has 4 heteroatoms. The van der Waals surface area contributed by atoms with Gasteiger partial charge in [-0.25, -0.2) is 0 Å². The molecule has 4 nitrogen and oxygen atoms in total. The third kappa shape index (κ3) is 4.52. The summed E-state index contributed by atoms with van der Waals surface area (Å²) in [5, 5.41) is 8.03. The van der Waals surface area contributed by atoms with E-state index in [9.17, 15) is 0 Å². The number of aliphatic imine (C=N–C) groups is 1. The Balaban J connectivity index is 1.80. The highest BCUT2D eigenvalue weighted by Gasteiger charge is 2.03. The molecule has 0 saturated heterocycles. The van der Waals surface area contributed by atoms with E-state index in [2.05, 4.69) is 64.9 Å². The Morgan fingerprint density at radius 1 is 1.19 bits per heavy atom. The third-order valence-corrected chi connectivity index (χ3v) is 3.60. The van der Waals surface area contributed by atoms with Gasteiger partial charge in [0.25, 0.3) is 0 Å². The number of aromatic amines is 1. The van der Waals surface area contributed by atoms with E-state index in [1.807, 2.05) is 7.05 Å². The fraction of sp³-hybridized carbons (Fsp3) is 0.471. The first-order valence-electron chi connectivity index (χ1n) is 7.70. The summed E-state index contributed by atoms with van der Waals surface area (Å²) in [5.41, 5.74) is 2.54. The van der Waals surface area contributed by atoms with Gasteiger partial charge in [0, 0.05) is 37.2 Å². The Hall–Kier alpha value is -1.97. The molecule has 0 unspecified atom stereocenters. The van der Waals surface area contributed by atoms with Crippen LogP contribution in [0.5, 0.6) is 0 Å². The first-order valence-corrected chi connectivity index (χ1v) is 7.70. The lowest BCUT2D eigenvalue weighted by atomic mass is 10.1. The second kappa shape index (κ2) is 7.72. The highest BCUT2D eigenvalue weighted by atomic mass is 15.2. The van der Waals surface area contributed by atoms with Crippen LogP contribution in [0, 0.1) is 5.92 Å². The number of hydrogen-bond donors (Lipinski definition) is 3. The zero-order valence-electron chi connectivity index (χ0n) is 13.2. The van der Waals surface area contributed by atoms with Crippen molar-refractivity contribution >= 4 is 16.9 Å². The Bertz CT molecular complexity index is 583. The van der Waals surface area contributed by atoms with Crippen LogP contribution in [-0.4, -0.2) is 31.1 Å². The molecule has 0 bridgehead atoms. The number of fused-ring (bicyclic) bond motifs is 1. The van der Waals surface area contributed by atoms with Crippen LogP contribution in [-0.2, 0) is 6.42 Å². The first-order chi connectivity index (χ1) is 10.2. The van der Waals surface area contributed by atoms with E-state index >= 15 is 0 Å². The van der Waals surface area contributed by atoms with Gasteiger partial charge in [0.2, 0.25) is 0 Å². The minimum atomic E-state index is 0.710. The van der Waals surface area contributed by atoms with E-state index in [0.29, 0.717) is 5.92 Å². The second-order valence-electron chi connectivity index (χ2n) is 5.72. The summed E-state index contributed by atoms with van der Waals surface area (Å²) >= 11 is 0. The molecule has 114 valence electrons. The van der Waals surface area contributed by atoms with E-state index in [0.717, 1.165) is 31.9 Å². The van der Waals surface area contributed by atoms with Crippen molar-refractivity contribution in [3.05, 3.63) is 36.0 Å². The van der Waals surface area contributed by atoms with Crippen molar-refractivity contribution in [1.29, 1.82) is 0 Å². The molecule has 0 saturated carbocycles. The molecule has 2 aromatic rings. The number of nitrogens with zero attached hydrogens (tertiary/aromatic N) is 1. The molecule has 0 aliphatic heterocycles. The van der Waals surface area contributed by atoms with Gasteiger partial charge in [0.05, 0.1) is 0 Å². The summed E-state index contributed by atoms with van der Waals surface area (Å²) in [4.78, 5) is 7.57. The van der Waals surface area contributed by atoms with E-state index in [1.165, 1.54) is 16.5 Å². The Kier molecular flexibility index (Phi) is 5.67. The molecule has 0 radical (unpaired) electrons. The topological polar surface area (TPSA) is 52.2 Å². The van der Waals surface area contributed by atoms with Crippen molar-refractivity contribution in [3.63, 3.8) is 0 Å². The molecule has 21 heavy (non-hydrogen) atoms. The van der Waals surface area contributed by atoms with Gasteiger partial charge in [-0.1, -0.05) is 32.0 Å². The highest BCUT2D eigenvalue weighted by Crippen LogP contribution is 2.17. The van der Waals surface area contributed by atoms with Gasteiger partial charge in [-0.2, -0.15) is 0 Å². The van der Waals surface area contributed by atoms with Crippen molar-refractivity contribution in [2.24, 2.45) is 10.9 Å². The molecule has 0 amide bonds. The molecule has 3 N–H and O–H groups in total. The molecule has 1 aromatic heterocycles. The number of aromatic nitrogens is 1. The van der Waals surface area contributed by atoms with Crippen LogP contribution in [0.2, 0.25) is 0 Å². The average Bonchev–Trinajstić information content (AvgIpc) is 2.89. The van der Waals surface area contributed by atoms with Crippen LogP contribution in [0.25, 0.3) is 10.9 Å². The lowest BCUT2D eigenvalue weighted by molar-refractivity contribution is 0.573. The van der Waals surface area contributed by atoms with E-state index in [4.69, 9.17) is 0 Å². The lowest BCUT2D eigenvalue weighted by Crippen LogP contribution is -2.39. The zero-order valence-corrected chi connectivity index (χ0v) is 13.2. The Morgan fingerprint density at radius 3 is 2.71 bits per heavy atom. The maximum atomic E-state index is 4.25. The minimum absolute atomic E-state index is 0.710. The first kappa shape index (κ1) is 15.4. The summed E-state index contributed by atoms with van der Waals surface area (Å²) in [7, 11) is 1.82. The van der Waals surface area contributed by atoms with E-state index in [-0.39, 0.29) is 0 Å². The van der Waals surface area contributed by atoms with Gasteiger partial charge in [0.1, 0.15) is 0 Å². The molecule has 2 rings (SSSR count). The van der Waals surface area contributed by atoms with Crippen LogP contribution < -0.4 is 10.6 Å². The molecule has 1 aromatic carbocycles. The van der Waals surface area contributed by atoms with Crippen LogP contribution in [0.1, 0.15) is 25.8 Å². The van der Waals surface area contributed by atoms with E-state index in [1.54, 1.807) is 0 Å². The highest BCUT2D eigenvalue weighted by molar-refractivity contribution is 5.83. The van der Waals surface area contributed by atoms with E-state index < -0.39 is 0 Å². The van der Waals surface area contributed by atoms with Crippen LogP contribution >= 0.6 is 0 Å². The number of guanidine groups is 1. The summed E-state index contributed by atoms with van der Waals surface area (Å²) in [6, 6.07) is 8.41. The molecule has 0 atom stereocenters. The molecule has 0 aliphatic carbocycles. The fourth-order valence-corrected chi connectivity index (χ4v) is 2.35. The fourth-order valence-electron chi connectivity index (χ4n) is 2.35. The monoisotopic (exact) mass is 286 g/mol. The molecule has 0 fully saturated rings. The SMILES string of the molecule is CN=C(NCCc1c[nH]c2ccccc12)NCCC(C)C. The van der Waals surface area contributed by atoms with Crippen molar-refractivity contribution < 1.29 is 0 Å². The Morgan fingerprint density at radius 2 is 1.95 bits per heavy atom. The van der Waals surface area contributed by atoms with Crippen molar-refractivity contribution in [2.45, 2.75) is 26.7 Å². The van der Waals surface area contributed by atoms with Crippen LogP contribution in [0.4, 0.5) is 0 Å². The number of H-pyrrole nitrogens is 1. The third-order valence-electron chi connectivity index (χ3n) is 3.60. The largest absolute Gasteiger partial charge is 0.361 e. The average molecular weight is 286 g/mol.